The molecular formula is C14H13N5O2. The van der Waals surface area contributed by atoms with Crippen molar-refractivity contribution < 1.29 is 5.11 Å². The third-order valence-corrected chi connectivity index (χ3v) is 2.97. The van der Waals surface area contributed by atoms with Gasteiger partial charge in [-0.2, -0.15) is 14.6 Å². The number of rotatable bonds is 4. The van der Waals surface area contributed by atoms with Gasteiger partial charge in [0.1, 0.15) is 6.33 Å². The van der Waals surface area contributed by atoms with Gasteiger partial charge >= 0.3 is 5.56 Å². The van der Waals surface area contributed by atoms with E-state index in [1.54, 1.807) is 16.8 Å². The van der Waals surface area contributed by atoms with Crippen LogP contribution in [0.25, 0.3) is 17.0 Å². The van der Waals surface area contributed by atoms with E-state index in [1.807, 2.05) is 30.3 Å². The average molecular weight is 283 g/mol. The Hall–Kier alpha value is -2.80. The monoisotopic (exact) mass is 283 g/mol. The molecule has 1 N–H and O–H groups in total. The van der Waals surface area contributed by atoms with Crippen LogP contribution in [0.1, 0.15) is 0 Å². The molecule has 106 valence electrons. The number of hydrogen-bond acceptors (Lipinski definition) is 5. The molecular weight excluding hydrogens is 270 g/mol. The Morgan fingerprint density at radius 1 is 1.19 bits per heavy atom. The predicted molar refractivity (Wildman–Crippen MR) is 76.7 cm³/mol. The fourth-order valence-corrected chi connectivity index (χ4v) is 2.01. The van der Waals surface area contributed by atoms with Crippen LogP contribution in [0.4, 0.5) is 0 Å². The number of benzene rings is 1. The number of allylic oxidation sites excluding steroid dienone is 1. The van der Waals surface area contributed by atoms with Crippen molar-refractivity contribution in [1.29, 1.82) is 0 Å². The van der Waals surface area contributed by atoms with E-state index < -0.39 is 0 Å². The normalized spacial score (nSPS) is 11.5. The van der Waals surface area contributed by atoms with Crippen molar-refractivity contribution in [3.05, 3.63) is 59.2 Å². The second kappa shape index (κ2) is 5.68. The van der Waals surface area contributed by atoms with Crippen LogP contribution in [-0.4, -0.2) is 36.1 Å². The number of aromatic nitrogens is 5. The molecule has 0 atom stereocenters. The van der Waals surface area contributed by atoms with Gasteiger partial charge in [-0.05, 0) is 0 Å². The highest BCUT2D eigenvalue weighted by atomic mass is 16.2. The third kappa shape index (κ3) is 2.46. The van der Waals surface area contributed by atoms with Gasteiger partial charge in [0.25, 0.3) is 5.78 Å². The summed E-state index contributed by atoms with van der Waals surface area (Å²) in [5.41, 5.74) is 0.724. The van der Waals surface area contributed by atoms with Crippen molar-refractivity contribution in [3.8, 4) is 11.3 Å². The first-order valence-corrected chi connectivity index (χ1v) is 6.43. The molecule has 0 spiro atoms. The summed E-state index contributed by atoms with van der Waals surface area (Å²) in [6, 6.07) is 9.21. The van der Waals surface area contributed by atoms with Gasteiger partial charge in [-0.15, -0.1) is 5.10 Å². The molecule has 2 heterocycles. The Morgan fingerprint density at radius 2 is 2.00 bits per heavy atom. The first kappa shape index (κ1) is 13.2. The zero-order chi connectivity index (χ0) is 14.7. The summed E-state index contributed by atoms with van der Waals surface area (Å²) in [5.74, 6) is 0.363. The number of aliphatic hydroxyl groups is 1. The maximum Gasteiger partial charge on any atom is 0.302 e. The number of fused-ring (bicyclic) bond motifs is 1. The molecule has 0 bridgehead atoms. The lowest BCUT2D eigenvalue weighted by molar-refractivity contribution is 0.342. The SMILES string of the molecule is O=c1c(-c2ccccc2)nn(C/C=C\CO)c2ncnn12. The van der Waals surface area contributed by atoms with Crippen LogP contribution in [0.15, 0.2) is 53.6 Å². The van der Waals surface area contributed by atoms with Crippen LogP contribution >= 0.6 is 0 Å². The Balaban J connectivity index is 2.19. The predicted octanol–water partition coefficient (Wildman–Crippen LogP) is 0.501. The van der Waals surface area contributed by atoms with Crippen LogP contribution in [0, 0.1) is 0 Å². The smallest absolute Gasteiger partial charge is 0.302 e. The minimum Gasteiger partial charge on any atom is -0.392 e. The molecule has 3 aromatic rings. The van der Waals surface area contributed by atoms with Crippen molar-refractivity contribution in [1.82, 2.24) is 24.4 Å². The highest BCUT2D eigenvalue weighted by Crippen LogP contribution is 2.12. The minimum absolute atomic E-state index is 0.0469. The summed E-state index contributed by atoms with van der Waals surface area (Å²) in [6.07, 6.45) is 4.68. The van der Waals surface area contributed by atoms with Gasteiger partial charge in [-0.25, -0.2) is 4.68 Å². The molecule has 0 aliphatic heterocycles. The standard InChI is InChI=1S/C14H13N5O2/c20-9-5-4-8-18-14-15-10-16-19(14)13(21)12(17-18)11-6-2-1-3-7-11/h1-7,10,20H,8-9H2/b5-4-. The zero-order valence-corrected chi connectivity index (χ0v) is 11.1. The largest absolute Gasteiger partial charge is 0.392 e. The third-order valence-electron chi connectivity index (χ3n) is 2.97. The molecule has 0 fully saturated rings. The topological polar surface area (TPSA) is 85.3 Å². The molecule has 0 unspecified atom stereocenters. The second-order valence-electron chi connectivity index (χ2n) is 4.33. The average Bonchev–Trinajstić information content (AvgIpc) is 3.01. The van der Waals surface area contributed by atoms with Gasteiger partial charge in [-0.1, -0.05) is 42.5 Å². The van der Waals surface area contributed by atoms with E-state index in [-0.39, 0.29) is 12.2 Å². The van der Waals surface area contributed by atoms with Gasteiger partial charge in [-0.3, -0.25) is 4.79 Å². The minimum atomic E-state index is -0.309. The Labute approximate surface area is 119 Å². The lowest BCUT2D eigenvalue weighted by atomic mass is 10.2. The fourth-order valence-electron chi connectivity index (χ4n) is 2.01. The van der Waals surface area contributed by atoms with Crippen LogP contribution in [0.5, 0.6) is 0 Å². The molecule has 0 radical (unpaired) electrons. The van der Waals surface area contributed by atoms with Gasteiger partial charge in [0.15, 0.2) is 5.69 Å². The Kier molecular flexibility index (Phi) is 3.57. The highest BCUT2D eigenvalue weighted by molar-refractivity contribution is 5.57. The summed E-state index contributed by atoms with van der Waals surface area (Å²) in [4.78, 5) is 16.4. The van der Waals surface area contributed by atoms with Crippen molar-refractivity contribution in [2.45, 2.75) is 6.54 Å². The van der Waals surface area contributed by atoms with Crippen LogP contribution in [0.3, 0.4) is 0 Å². The highest BCUT2D eigenvalue weighted by Gasteiger charge is 2.13. The van der Waals surface area contributed by atoms with E-state index in [1.165, 1.54) is 10.8 Å². The van der Waals surface area contributed by atoms with Gasteiger partial charge in [0, 0.05) is 5.56 Å². The van der Waals surface area contributed by atoms with Crippen molar-refractivity contribution in [2.75, 3.05) is 6.61 Å². The van der Waals surface area contributed by atoms with E-state index in [0.29, 0.717) is 18.0 Å². The van der Waals surface area contributed by atoms with E-state index in [4.69, 9.17) is 5.11 Å². The van der Waals surface area contributed by atoms with Gasteiger partial charge in [0.05, 0.1) is 13.2 Å². The summed E-state index contributed by atoms with van der Waals surface area (Å²) < 4.78 is 2.80. The molecule has 21 heavy (non-hydrogen) atoms. The molecule has 1 aromatic carbocycles. The molecule has 2 aromatic heterocycles. The Morgan fingerprint density at radius 3 is 2.76 bits per heavy atom. The molecule has 0 saturated heterocycles. The fraction of sp³-hybridized carbons (Fsp3) is 0.143. The van der Waals surface area contributed by atoms with Crippen LogP contribution in [0.2, 0.25) is 0 Å². The number of nitrogens with zero attached hydrogens (tertiary/aromatic N) is 5. The summed E-state index contributed by atoms with van der Waals surface area (Å²) >= 11 is 0. The van der Waals surface area contributed by atoms with Crippen molar-refractivity contribution in [3.63, 3.8) is 0 Å². The zero-order valence-electron chi connectivity index (χ0n) is 11.1. The quantitative estimate of drug-likeness (QED) is 0.705. The Bertz CT molecular complexity index is 835. The summed E-state index contributed by atoms with van der Waals surface area (Å²) in [5, 5.41) is 17.1. The maximum atomic E-state index is 12.4. The van der Waals surface area contributed by atoms with Crippen LogP contribution in [-0.2, 0) is 6.54 Å². The molecule has 7 heteroatoms. The molecule has 7 nitrogen and oxygen atoms in total. The van der Waals surface area contributed by atoms with E-state index in [9.17, 15) is 4.79 Å². The first-order valence-electron chi connectivity index (χ1n) is 6.43. The number of aliphatic hydroxyl groups excluding tert-OH is 1. The first-order chi connectivity index (χ1) is 10.3. The molecule has 0 aliphatic carbocycles. The summed E-state index contributed by atoms with van der Waals surface area (Å²) in [6.45, 7) is 0.345. The molecule has 0 aliphatic rings. The van der Waals surface area contributed by atoms with Gasteiger partial charge < -0.3 is 5.11 Å². The second-order valence-corrected chi connectivity index (χ2v) is 4.33. The lowest BCUT2D eigenvalue weighted by Gasteiger charge is -2.07. The van der Waals surface area contributed by atoms with Gasteiger partial charge in [0.2, 0.25) is 0 Å². The van der Waals surface area contributed by atoms with E-state index >= 15 is 0 Å². The van der Waals surface area contributed by atoms with Crippen molar-refractivity contribution >= 4 is 5.78 Å². The molecule has 3 rings (SSSR count). The van der Waals surface area contributed by atoms with Crippen molar-refractivity contribution in [2.24, 2.45) is 0 Å². The summed E-state index contributed by atoms with van der Waals surface area (Å²) in [7, 11) is 0. The van der Waals surface area contributed by atoms with E-state index in [2.05, 4.69) is 15.2 Å². The maximum absolute atomic E-state index is 12.4. The lowest BCUT2D eigenvalue weighted by Crippen LogP contribution is -2.24. The molecule has 0 saturated carbocycles. The van der Waals surface area contributed by atoms with Crippen LogP contribution < -0.4 is 5.56 Å². The van der Waals surface area contributed by atoms with E-state index in [0.717, 1.165) is 5.56 Å². The number of hydrogen-bond donors (Lipinski definition) is 1. The molecule has 0 amide bonds.